The smallest absolute Gasteiger partial charge is 0.118 e. The molecule has 0 amide bonds. The largest absolute Gasteiger partial charge is 0.497 e. The number of hydrogen-bond donors (Lipinski definition) is 1. The van der Waals surface area contributed by atoms with E-state index in [2.05, 4.69) is 38.2 Å². The molecule has 3 heteroatoms. The van der Waals surface area contributed by atoms with E-state index in [1.54, 1.807) is 7.11 Å². The Morgan fingerprint density at radius 3 is 2.52 bits per heavy atom. The summed E-state index contributed by atoms with van der Waals surface area (Å²) < 4.78 is 11.4. The first-order valence-electron chi connectivity index (χ1n) is 8.12. The van der Waals surface area contributed by atoms with E-state index >= 15 is 0 Å². The Morgan fingerprint density at radius 1 is 1.24 bits per heavy atom. The molecule has 3 nitrogen and oxygen atoms in total. The van der Waals surface area contributed by atoms with Crippen LogP contribution in [0.1, 0.15) is 45.6 Å². The molecule has 1 N–H and O–H groups in total. The normalized spacial score (nSPS) is 28.2. The molecule has 1 aliphatic carbocycles. The molecule has 21 heavy (non-hydrogen) atoms. The lowest BCUT2D eigenvalue weighted by molar-refractivity contribution is -0.135. The zero-order valence-corrected chi connectivity index (χ0v) is 13.8. The maximum absolute atomic E-state index is 6.17. The van der Waals surface area contributed by atoms with E-state index < -0.39 is 0 Å². The molecule has 0 heterocycles. The zero-order valence-electron chi connectivity index (χ0n) is 13.8. The van der Waals surface area contributed by atoms with E-state index in [1.807, 2.05) is 12.1 Å². The average Bonchev–Trinajstić information content (AvgIpc) is 2.53. The molecule has 118 valence electrons. The second kappa shape index (κ2) is 7.28. The number of nitrogens with one attached hydrogen (secondary N) is 1. The molecule has 3 unspecified atom stereocenters. The van der Waals surface area contributed by atoms with Gasteiger partial charge in [0.05, 0.1) is 19.8 Å². The third-order valence-electron chi connectivity index (χ3n) is 4.99. The first-order chi connectivity index (χ1) is 10.1. The summed E-state index contributed by atoms with van der Waals surface area (Å²) in [4.78, 5) is 0. The van der Waals surface area contributed by atoms with Crippen LogP contribution in [0.2, 0.25) is 0 Å². The summed E-state index contributed by atoms with van der Waals surface area (Å²) in [5.74, 6) is 0.893. The first-order valence-corrected chi connectivity index (χ1v) is 8.12. The van der Waals surface area contributed by atoms with Crippen LogP contribution in [-0.2, 0) is 11.3 Å². The highest BCUT2D eigenvalue weighted by Gasteiger charge is 2.50. The molecule has 3 atom stereocenters. The van der Waals surface area contributed by atoms with E-state index in [0.29, 0.717) is 18.8 Å². The average molecular weight is 291 g/mol. The number of rotatable bonds is 8. The topological polar surface area (TPSA) is 30.5 Å². The predicted octanol–water partition coefficient (Wildman–Crippen LogP) is 3.77. The van der Waals surface area contributed by atoms with Crippen molar-refractivity contribution in [2.45, 2.75) is 58.8 Å². The minimum atomic E-state index is 0.266. The number of hydrogen-bond acceptors (Lipinski definition) is 3. The summed E-state index contributed by atoms with van der Waals surface area (Å²) in [6, 6.07) is 8.73. The van der Waals surface area contributed by atoms with Crippen LogP contribution in [0.25, 0.3) is 0 Å². The highest BCUT2D eigenvalue weighted by atomic mass is 16.5. The van der Waals surface area contributed by atoms with E-state index in [0.717, 1.165) is 25.1 Å². The molecule has 1 fully saturated rings. The summed E-state index contributed by atoms with van der Waals surface area (Å²) in [6.07, 6.45) is 3.83. The van der Waals surface area contributed by atoms with Gasteiger partial charge in [0.2, 0.25) is 0 Å². The lowest BCUT2D eigenvalue weighted by atomic mass is 9.61. The van der Waals surface area contributed by atoms with Crippen molar-refractivity contribution in [2.75, 3.05) is 13.7 Å². The van der Waals surface area contributed by atoms with Crippen LogP contribution in [-0.4, -0.2) is 25.8 Å². The van der Waals surface area contributed by atoms with Gasteiger partial charge in [0.25, 0.3) is 0 Å². The van der Waals surface area contributed by atoms with Gasteiger partial charge < -0.3 is 14.8 Å². The molecule has 2 rings (SSSR count). The summed E-state index contributed by atoms with van der Waals surface area (Å²) in [5, 5.41) is 3.66. The van der Waals surface area contributed by atoms with Crippen LogP contribution in [0.3, 0.4) is 0 Å². The number of methoxy groups -OCH3 is 1. The van der Waals surface area contributed by atoms with Crippen LogP contribution in [0, 0.1) is 5.41 Å². The number of benzene rings is 1. The van der Waals surface area contributed by atoms with Crippen molar-refractivity contribution < 1.29 is 9.47 Å². The van der Waals surface area contributed by atoms with Crippen LogP contribution in [0.5, 0.6) is 5.75 Å². The minimum absolute atomic E-state index is 0.266. The van der Waals surface area contributed by atoms with Crippen molar-refractivity contribution in [1.29, 1.82) is 0 Å². The Balaban J connectivity index is 1.85. The fourth-order valence-electron chi connectivity index (χ4n) is 3.10. The van der Waals surface area contributed by atoms with Crippen molar-refractivity contribution in [3.63, 3.8) is 0 Å². The Morgan fingerprint density at radius 2 is 1.95 bits per heavy atom. The molecule has 0 radical (unpaired) electrons. The van der Waals surface area contributed by atoms with Gasteiger partial charge in [0.15, 0.2) is 0 Å². The lowest BCUT2D eigenvalue weighted by Crippen LogP contribution is -2.62. The maximum atomic E-state index is 6.17. The van der Waals surface area contributed by atoms with E-state index in [-0.39, 0.29) is 5.41 Å². The van der Waals surface area contributed by atoms with E-state index in [1.165, 1.54) is 12.0 Å². The van der Waals surface area contributed by atoms with E-state index in [4.69, 9.17) is 9.47 Å². The Hall–Kier alpha value is -1.06. The van der Waals surface area contributed by atoms with Crippen LogP contribution in [0.4, 0.5) is 0 Å². The predicted molar refractivity (Wildman–Crippen MR) is 86.7 cm³/mol. The van der Waals surface area contributed by atoms with Gasteiger partial charge in [-0.05, 0) is 43.5 Å². The van der Waals surface area contributed by atoms with Gasteiger partial charge in [0, 0.05) is 11.5 Å². The van der Waals surface area contributed by atoms with Gasteiger partial charge >= 0.3 is 0 Å². The molecule has 0 aromatic heterocycles. The lowest BCUT2D eigenvalue weighted by Gasteiger charge is -2.54. The molecule has 1 aliphatic rings. The fraction of sp³-hybridized carbons (Fsp3) is 0.667. The van der Waals surface area contributed by atoms with Gasteiger partial charge in [-0.2, -0.15) is 0 Å². The first kappa shape index (κ1) is 16.3. The Bertz CT molecular complexity index is 431. The maximum Gasteiger partial charge on any atom is 0.118 e. The summed E-state index contributed by atoms with van der Waals surface area (Å²) >= 11 is 0. The van der Waals surface area contributed by atoms with Gasteiger partial charge in [0.1, 0.15) is 5.75 Å². The van der Waals surface area contributed by atoms with Gasteiger partial charge in [-0.3, -0.25) is 0 Å². The minimum Gasteiger partial charge on any atom is -0.497 e. The highest BCUT2D eigenvalue weighted by Crippen LogP contribution is 2.46. The fourth-order valence-corrected chi connectivity index (χ4v) is 3.10. The van der Waals surface area contributed by atoms with Crippen molar-refractivity contribution in [1.82, 2.24) is 5.32 Å². The van der Waals surface area contributed by atoms with Crippen molar-refractivity contribution in [2.24, 2.45) is 5.41 Å². The second-order valence-electron chi connectivity index (χ2n) is 6.25. The molecular formula is C18H29NO2. The zero-order chi connectivity index (χ0) is 15.3. The Kier molecular flexibility index (Phi) is 5.65. The number of ether oxygens (including phenoxy) is 2. The summed E-state index contributed by atoms with van der Waals surface area (Å²) in [5.41, 5.74) is 1.47. The van der Waals surface area contributed by atoms with Gasteiger partial charge in [-0.25, -0.2) is 0 Å². The summed E-state index contributed by atoms with van der Waals surface area (Å²) in [7, 11) is 1.69. The standard InChI is InChI=1S/C18H29NO2/c1-5-11-19-16-12-17(18(16,3)6-2)21-13-14-7-9-15(20-4)10-8-14/h7-10,16-17,19H,5-6,11-13H2,1-4H3. The monoisotopic (exact) mass is 291 g/mol. The van der Waals surface area contributed by atoms with Crippen LogP contribution < -0.4 is 10.1 Å². The third-order valence-corrected chi connectivity index (χ3v) is 4.99. The quantitative estimate of drug-likeness (QED) is 0.791. The molecule has 1 aromatic carbocycles. The summed E-state index contributed by atoms with van der Waals surface area (Å²) in [6.45, 7) is 8.62. The van der Waals surface area contributed by atoms with Crippen LogP contribution >= 0.6 is 0 Å². The molecule has 1 saturated carbocycles. The van der Waals surface area contributed by atoms with Gasteiger partial charge in [-0.15, -0.1) is 0 Å². The molecular weight excluding hydrogens is 262 g/mol. The second-order valence-corrected chi connectivity index (χ2v) is 6.25. The third kappa shape index (κ3) is 3.58. The van der Waals surface area contributed by atoms with Crippen molar-refractivity contribution in [3.05, 3.63) is 29.8 Å². The van der Waals surface area contributed by atoms with Crippen LogP contribution in [0.15, 0.2) is 24.3 Å². The molecule has 0 spiro atoms. The van der Waals surface area contributed by atoms with Crippen molar-refractivity contribution >= 4 is 0 Å². The molecule has 0 aliphatic heterocycles. The van der Waals surface area contributed by atoms with E-state index in [9.17, 15) is 0 Å². The van der Waals surface area contributed by atoms with Crippen molar-refractivity contribution in [3.8, 4) is 5.75 Å². The molecule has 1 aromatic rings. The van der Waals surface area contributed by atoms with Gasteiger partial charge in [-0.1, -0.05) is 32.9 Å². The Labute approximate surface area is 129 Å². The molecule has 0 bridgehead atoms. The SMILES string of the molecule is CCCNC1CC(OCc2ccc(OC)cc2)C1(C)CC. The highest BCUT2D eigenvalue weighted by molar-refractivity contribution is 5.26. The molecule has 0 saturated heterocycles.